The molecule has 2 nitrogen and oxygen atoms in total. The summed E-state index contributed by atoms with van der Waals surface area (Å²) >= 11 is 0. The first-order valence-electron chi connectivity index (χ1n) is 6.94. The number of Topliss-reactive ketones (excluding diaryl/α,β-unsaturated/α-hetero) is 2. The van der Waals surface area contributed by atoms with Gasteiger partial charge in [-0.3, -0.25) is 9.59 Å². The van der Waals surface area contributed by atoms with Crippen LogP contribution in [-0.2, 0) is 9.59 Å². The molecule has 2 fully saturated rings. The fraction of sp³-hybridized carbons (Fsp3) is 0.867. The predicted octanol–water partition coefficient (Wildman–Crippen LogP) is 3.24. The number of hydrogen-bond acceptors (Lipinski definition) is 2. The molecule has 1 spiro atoms. The van der Waals surface area contributed by atoms with Crippen LogP contribution in [0.3, 0.4) is 0 Å². The van der Waals surface area contributed by atoms with Crippen molar-refractivity contribution in [1.82, 2.24) is 0 Å². The smallest absolute Gasteiger partial charge is 0.136 e. The molecule has 2 heteroatoms. The fourth-order valence-corrected chi connectivity index (χ4v) is 4.06. The van der Waals surface area contributed by atoms with Crippen LogP contribution in [0.2, 0.25) is 0 Å². The lowest BCUT2D eigenvalue weighted by Gasteiger charge is -2.44. The van der Waals surface area contributed by atoms with Crippen LogP contribution >= 0.6 is 0 Å². The van der Waals surface area contributed by atoms with Crippen molar-refractivity contribution in [2.24, 2.45) is 29.1 Å². The van der Waals surface area contributed by atoms with E-state index in [1.54, 1.807) is 0 Å². The molecule has 2 aliphatic rings. The van der Waals surface area contributed by atoms with Crippen LogP contribution in [0, 0.1) is 29.1 Å². The van der Waals surface area contributed by atoms with Gasteiger partial charge in [0.25, 0.3) is 0 Å². The summed E-state index contributed by atoms with van der Waals surface area (Å²) in [6, 6.07) is 0. The molecule has 0 saturated heterocycles. The molecule has 0 aromatic rings. The average Bonchev–Trinajstić information content (AvgIpc) is 2.50. The highest BCUT2D eigenvalue weighted by Gasteiger charge is 2.55. The minimum atomic E-state index is -0.00512. The van der Waals surface area contributed by atoms with Gasteiger partial charge in [-0.1, -0.05) is 27.7 Å². The highest BCUT2D eigenvalue weighted by molar-refractivity contribution is 5.88. The van der Waals surface area contributed by atoms with Crippen molar-refractivity contribution in [3.63, 3.8) is 0 Å². The molecule has 0 bridgehead atoms. The largest absolute Gasteiger partial charge is 0.299 e. The van der Waals surface area contributed by atoms with Gasteiger partial charge in [-0.25, -0.2) is 0 Å². The van der Waals surface area contributed by atoms with E-state index in [4.69, 9.17) is 0 Å². The summed E-state index contributed by atoms with van der Waals surface area (Å²) in [6.45, 7) is 8.47. The third kappa shape index (κ3) is 1.86. The van der Waals surface area contributed by atoms with Crippen LogP contribution in [0.15, 0.2) is 0 Å². The fourth-order valence-electron chi connectivity index (χ4n) is 4.06. The maximum absolute atomic E-state index is 12.1. The second-order valence-electron chi connectivity index (χ2n) is 6.56. The normalized spacial score (nSPS) is 42.8. The first kappa shape index (κ1) is 12.8. The van der Waals surface area contributed by atoms with Gasteiger partial charge < -0.3 is 0 Å². The SMILES string of the molecule is CC(C)[C@H]1CC(=O)[C@H](C)[C@@]12CC[C@@H](C)C(=O)C2. The molecule has 0 heterocycles. The molecule has 2 aliphatic carbocycles. The van der Waals surface area contributed by atoms with Crippen LogP contribution in [0.4, 0.5) is 0 Å². The maximum Gasteiger partial charge on any atom is 0.136 e. The molecule has 2 saturated carbocycles. The summed E-state index contributed by atoms with van der Waals surface area (Å²) in [6.07, 6.45) is 3.37. The monoisotopic (exact) mass is 236 g/mol. The molecule has 4 atom stereocenters. The third-order valence-electron chi connectivity index (χ3n) is 5.41. The Balaban J connectivity index is 2.32. The second kappa shape index (κ2) is 4.22. The van der Waals surface area contributed by atoms with Crippen molar-refractivity contribution >= 4 is 11.6 Å². The van der Waals surface area contributed by atoms with E-state index in [1.807, 2.05) is 13.8 Å². The number of ketones is 2. The molecule has 2 rings (SSSR count). The molecule has 0 aliphatic heterocycles. The topological polar surface area (TPSA) is 34.1 Å². The van der Waals surface area contributed by atoms with E-state index in [0.29, 0.717) is 36.2 Å². The minimum absolute atomic E-state index is 0.00512. The number of carbonyl (C=O) groups excluding carboxylic acids is 2. The Morgan fingerprint density at radius 3 is 2.35 bits per heavy atom. The Kier molecular flexibility index (Phi) is 3.17. The Morgan fingerprint density at radius 2 is 1.82 bits per heavy atom. The van der Waals surface area contributed by atoms with Gasteiger partial charge in [0.05, 0.1) is 0 Å². The molecular formula is C15H24O2. The quantitative estimate of drug-likeness (QED) is 0.700. The molecule has 17 heavy (non-hydrogen) atoms. The maximum atomic E-state index is 12.1. The van der Waals surface area contributed by atoms with E-state index in [-0.39, 0.29) is 17.3 Å². The van der Waals surface area contributed by atoms with E-state index >= 15 is 0 Å². The molecule has 0 unspecified atom stereocenters. The Morgan fingerprint density at radius 1 is 1.18 bits per heavy atom. The van der Waals surface area contributed by atoms with Crippen LogP contribution in [0.5, 0.6) is 0 Å². The summed E-state index contributed by atoms with van der Waals surface area (Å²) in [7, 11) is 0. The van der Waals surface area contributed by atoms with Gasteiger partial charge in [-0.05, 0) is 30.1 Å². The Bertz CT molecular complexity index is 345. The van der Waals surface area contributed by atoms with Crippen molar-refractivity contribution in [3.05, 3.63) is 0 Å². The van der Waals surface area contributed by atoms with Crippen molar-refractivity contribution in [3.8, 4) is 0 Å². The summed E-state index contributed by atoms with van der Waals surface area (Å²) in [4.78, 5) is 24.1. The van der Waals surface area contributed by atoms with Gasteiger partial charge in [-0.2, -0.15) is 0 Å². The molecule has 0 N–H and O–H groups in total. The van der Waals surface area contributed by atoms with Crippen LogP contribution in [-0.4, -0.2) is 11.6 Å². The second-order valence-corrected chi connectivity index (χ2v) is 6.56. The summed E-state index contributed by atoms with van der Waals surface area (Å²) in [5.41, 5.74) is -0.00512. The Hall–Kier alpha value is -0.660. The van der Waals surface area contributed by atoms with Gasteiger partial charge in [0.15, 0.2) is 0 Å². The van der Waals surface area contributed by atoms with E-state index in [2.05, 4.69) is 13.8 Å². The lowest BCUT2D eigenvalue weighted by Crippen LogP contribution is -2.41. The highest BCUT2D eigenvalue weighted by atomic mass is 16.1. The van der Waals surface area contributed by atoms with Crippen LogP contribution in [0.1, 0.15) is 53.4 Å². The van der Waals surface area contributed by atoms with Crippen molar-refractivity contribution in [2.45, 2.75) is 53.4 Å². The predicted molar refractivity (Wildman–Crippen MR) is 67.6 cm³/mol. The van der Waals surface area contributed by atoms with Gasteiger partial charge in [0, 0.05) is 24.7 Å². The zero-order valence-electron chi connectivity index (χ0n) is 11.5. The highest BCUT2D eigenvalue weighted by Crippen LogP contribution is 2.56. The van der Waals surface area contributed by atoms with Gasteiger partial charge in [0.2, 0.25) is 0 Å². The number of carbonyl (C=O) groups is 2. The third-order valence-corrected chi connectivity index (χ3v) is 5.41. The standard InChI is InChI=1S/C15H24O2/c1-9(2)12-7-13(16)11(4)15(12)6-5-10(3)14(17)8-15/h9-12H,5-8H2,1-4H3/t10-,11+,12-,15+/m1/s1. The summed E-state index contributed by atoms with van der Waals surface area (Å²) in [5.74, 6) is 1.98. The van der Waals surface area contributed by atoms with Crippen LogP contribution < -0.4 is 0 Å². The molecule has 0 amide bonds. The lowest BCUT2D eigenvalue weighted by atomic mass is 9.59. The van der Waals surface area contributed by atoms with Gasteiger partial charge >= 0.3 is 0 Å². The molecular weight excluding hydrogens is 212 g/mol. The van der Waals surface area contributed by atoms with E-state index < -0.39 is 0 Å². The van der Waals surface area contributed by atoms with Crippen molar-refractivity contribution in [2.75, 3.05) is 0 Å². The van der Waals surface area contributed by atoms with E-state index in [0.717, 1.165) is 12.8 Å². The van der Waals surface area contributed by atoms with Crippen LogP contribution in [0.25, 0.3) is 0 Å². The van der Waals surface area contributed by atoms with Crippen molar-refractivity contribution < 1.29 is 9.59 Å². The minimum Gasteiger partial charge on any atom is -0.299 e. The molecule has 0 aromatic heterocycles. The zero-order chi connectivity index (χ0) is 12.8. The Labute approximate surface area is 104 Å². The zero-order valence-corrected chi connectivity index (χ0v) is 11.5. The molecule has 96 valence electrons. The molecule has 0 radical (unpaired) electrons. The summed E-state index contributed by atoms with van der Waals surface area (Å²) in [5, 5.41) is 0. The molecule has 0 aromatic carbocycles. The first-order valence-corrected chi connectivity index (χ1v) is 6.94. The first-order chi connectivity index (χ1) is 7.88. The van der Waals surface area contributed by atoms with E-state index in [9.17, 15) is 9.59 Å². The summed E-state index contributed by atoms with van der Waals surface area (Å²) < 4.78 is 0. The van der Waals surface area contributed by atoms with Gasteiger partial charge in [-0.15, -0.1) is 0 Å². The van der Waals surface area contributed by atoms with Gasteiger partial charge in [0.1, 0.15) is 11.6 Å². The number of rotatable bonds is 1. The van der Waals surface area contributed by atoms with E-state index in [1.165, 1.54) is 0 Å². The number of hydrogen-bond donors (Lipinski definition) is 0. The van der Waals surface area contributed by atoms with Crippen molar-refractivity contribution in [1.29, 1.82) is 0 Å². The average molecular weight is 236 g/mol. The lowest BCUT2D eigenvalue weighted by molar-refractivity contribution is -0.132.